The van der Waals surface area contributed by atoms with Crippen LogP contribution < -0.4 is 5.73 Å². The van der Waals surface area contributed by atoms with Crippen molar-refractivity contribution in [2.45, 2.75) is 25.9 Å². The molecule has 1 aromatic carbocycles. The highest BCUT2D eigenvalue weighted by Gasteiger charge is 2.08. The molecular weight excluding hydrogens is 166 g/mol. The van der Waals surface area contributed by atoms with Crippen LogP contribution in [0.2, 0.25) is 0 Å². The summed E-state index contributed by atoms with van der Waals surface area (Å²) in [5.74, 6) is 0. The zero-order chi connectivity index (χ0) is 9.68. The molecule has 13 heavy (non-hydrogen) atoms. The van der Waals surface area contributed by atoms with Crippen molar-refractivity contribution in [1.29, 1.82) is 0 Å². The Balaban J connectivity index is 2.35. The fourth-order valence-electron chi connectivity index (χ4n) is 0.908. The Morgan fingerprint density at radius 2 is 2.00 bits per heavy atom. The smallest absolute Gasteiger partial charge is 0.169 e. The van der Waals surface area contributed by atoms with Crippen LogP contribution in [0.3, 0.4) is 0 Å². The fourth-order valence-corrected chi connectivity index (χ4v) is 0.908. The molecule has 0 aromatic heterocycles. The molecule has 0 bridgehead atoms. The van der Waals surface area contributed by atoms with Crippen LogP contribution in [0.25, 0.3) is 0 Å². The highest BCUT2D eigenvalue weighted by Crippen LogP contribution is 2.03. The molecule has 0 heterocycles. The summed E-state index contributed by atoms with van der Waals surface area (Å²) in [7, 11) is 0. The summed E-state index contributed by atoms with van der Waals surface area (Å²) in [4.78, 5) is 0. The van der Waals surface area contributed by atoms with Gasteiger partial charge in [-0.05, 0) is 12.5 Å². The van der Waals surface area contributed by atoms with E-state index in [4.69, 9.17) is 10.5 Å². The zero-order valence-electron chi connectivity index (χ0n) is 7.68. The maximum absolute atomic E-state index is 9.24. The third-order valence-corrected chi connectivity index (χ3v) is 1.71. The summed E-state index contributed by atoms with van der Waals surface area (Å²) in [6, 6.07) is 9.31. The quantitative estimate of drug-likeness (QED) is 0.678. The van der Waals surface area contributed by atoms with Crippen molar-refractivity contribution in [1.82, 2.24) is 0 Å². The van der Waals surface area contributed by atoms with Gasteiger partial charge in [0.05, 0.1) is 12.6 Å². The zero-order valence-corrected chi connectivity index (χ0v) is 7.68. The van der Waals surface area contributed by atoms with Crippen LogP contribution in [-0.4, -0.2) is 17.4 Å². The van der Waals surface area contributed by atoms with Crippen LogP contribution in [0.1, 0.15) is 12.5 Å². The summed E-state index contributed by atoms with van der Waals surface area (Å²) in [5.41, 5.74) is 6.45. The minimum Gasteiger partial charge on any atom is -0.367 e. The van der Waals surface area contributed by atoms with Gasteiger partial charge < -0.3 is 15.6 Å². The van der Waals surface area contributed by atoms with Gasteiger partial charge in [0, 0.05) is 0 Å². The lowest BCUT2D eigenvalue weighted by Crippen LogP contribution is -2.33. The monoisotopic (exact) mass is 181 g/mol. The molecule has 2 atom stereocenters. The van der Waals surface area contributed by atoms with Crippen molar-refractivity contribution in [2.24, 2.45) is 5.73 Å². The van der Waals surface area contributed by atoms with Crippen LogP contribution in [0.15, 0.2) is 30.3 Å². The van der Waals surface area contributed by atoms with Gasteiger partial charge in [0.1, 0.15) is 0 Å². The van der Waals surface area contributed by atoms with Crippen LogP contribution in [0.4, 0.5) is 0 Å². The van der Waals surface area contributed by atoms with E-state index in [1.165, 1.54) is 0 Å². The van der Waals surface area contributed by atoms with Gasteiger partial charge in [-0.15, -0.1) is 0 Å². The molecule has 1 unspecified atom stereocenters. The lowest BCUT2D eigenvalue weighted by Gasteiger charge is -2.14. The first-order valence-electron chi connectivity index (χ1n) is 4.29. The second kappa shape index (κ2) is 4.97. The Morgan fingerprint density at radius 1 is 1.38 bits per heavy atom. The van der Waals surface area contributed by atoms with Crippen molar-refractivity contribution in [3.05, 3.63) is 35.9 Å². The van der Waals surface area contributed by atoms with Gasteiger partial charge in [0.2, 0.25) is 0 Å². The fraction of sp³-hybridized carbons (Fsp3) is 0.400. The van der Waals surface area contributed by atoms with Gasteiger partial charge in [0.25, 0.3) is 0 Å². The average Bonchev–Trinajstić information content (AvgIpc) is 2.15. The van der Waals surface area contributed by atoms with Gasteiger partial charge in [0.15, 0.2) is 6.29 Å². The average molecular weight is 181 g/mol. The molecule has 0 aliphatic heterocycles. The third kappa shape index (κ3) is 3.55. The highest BCUT2D eigenvalue weighted by atomic mass is 16.6. The van der Waals surface area contributed by atoms with E-state index in [-0.39, 0.29) is 6.04 Å². The van der Waals surface area contributed by atoms with E-state index >= 15 is 0 Å². The van der Waals surface area contributed by atoms with E-state index in [0.717, 1.165) is 5.56 Å². The van der Waals surface area contributed by atoms with Gasteiger partial charge in [-0.25, -0.2) is 0 Å². The standard InChI is InChI=1S/C10H15NO2/c1-8(11)10(12)13-7-9-5-3-2-4-6-9/h2-6,8,10,12H,7,11H2,1H3/t8?,10-/m0/s1. The van der Waals surface area contributed by atoms with E-state index in [2.05, 4.69) is 0 Å². The Morgan fingerprint density at radius 3 is 2.54 bits per heavy atom. The predicted octanol–water partition coefficient (Wildman–Crippen LogP) is 0.869. The van der Waals surface area contributed by atoms with E-state index in [9.17, 15) is 5.11 Å². The maximum atomic E-state index is 9.24. The maximum Gasteiger partial charge on any atom is 0.169 e. The molecule has 0 spiro atoms. The first kappa shape index (κ1) is 10.2. The van der Waals surface area contributed by atoms with E-state index in [1.807, 2.05) is 30.3 Å². The number of ether oxygens (including phenoxy) is 1. The lowest BCUT2D eigenvalue weighted by atomic mass is 10.2. The number of aliphatic hydroxyl groups excluding tert-OH is 1. The summed E-state index contributed by atoms with van der Waals surface area (Å²) in [6.07, 6.45) is -0.889. The largest absolute Gasteiger partial charge is 0.367 e. The highest BCUT2D eigenvalue weighted by molar-refractivity contribution is 5.13. The molecule has 0 amide bonds. The number of aliphatic hydroxyl groups is 1. The molecule has 0 saturated heterocycles. The molecule has 0 fully saturated rings. The van der Waals surface area contributed by atoms with Crippen molar-refractivity contribution >= 4 is 0 Å². The number of benzene rings is 1. The first-order chi connectivity index (χ1) is 6.20. The van der Waals surface area contributed by atoms with Gasteiger partial charge in [-0.2, -0.15) is 0 Å². The molecule has 1 rings (SSSR count). The van der Waals surface area contributed by atoms with Crippen LogP contribution >= 0.6 is 0 Å². The van der Waals surface area contributed by atoms with Gasteiger partial charge in [-0.1, -0.05) is 30.3 Å². The normalized spacial score (nSPS) is 15.3. The summed E-state index contributed by atoms with van der Waals surface area (Å²) < 4.78 is 5.12. The van der Waals surface area contributed by atoms with Crippen LogP contribution in [0, 0.1) is 0 Å². The van der Waals surface area contributed by atoms with E-state index in [0.29, 0.717) is 6.61 Å². The summed E-state index contributed by atoms with van der Waals surface area (Å²) in [5, 5.41) is 9.24. The Bertz CT molecular complexity index is 236. The molecular formula is C10H15NO2. The van der Waals surface area contributed by atoms with E-state index in [1.54, 1.807) is 6.92 Å². The molecule has 3 nitrogen and oxygen atoms in total. The molecule has 3 N–H and O–H groups in total. The Labute approximate surface area is 78.1 Å². The molecule has 1 aromatic rings. The third-order valence-electron chi connectivity index (χ3n) is 1.71. The summed E-state index contributed by atoms with van der Waals surface area (Å²) in [6.45, 7) is 2.10. The van der Waals surface area contributed by atoms with Crippen LogP contribution in [0.5, 0.6) is 0 Å². The number of rotatable bonds is 4. The van der Waals surface area contributed by atoms with Gasteiger partial charge >= 0.3 is 0 Å². The van der Waals surface area contributed by atoms with E-state index < -0.39 is 6.29 Å². The topological polar surface area (TPSA) is 55.5 Å². The predicted molar refractivity (Wildman–Crippen MR) is 50.9 cm³/mol. The number of hydrogen-bond donors (Lipinski definition) is 2. The van der Waals surface area contributed by atoms with Crippen molar-refractivity contribution in [3.8, 4) is 0 Å². The SMILES string of the molecule is CC(N)[C@@H](O)OCc1ccccc1. The Kier molecular flexibility index (Phi) is 3.89. The minimum absolute atomic E-state index is 0.358. The van der Waals surface area contributed by atoms with Crippen molar-refractivity contribution < 1.29 is 9.84 Å². The second-order valence-corrected chi connectivity index (χ2v) is 3.05. The molecule has 0 radical (unpaired) electrons. The van der Waals surface area contributed by atoms with Crippen molar-refractivity contribution in [2.75, 3.05) is 0 Å². The first-order valence-corrected chi connectivity index (χ1v) is 4.29. The molecule has 72 valence electrons. The second-order valence-electron chi connectivity index (χ2n) is 3.05. The minimum atomic E-state index is -0.889. The number of hydrogen-bond acceptors (Lipinski definition) is 3. The molecule has 3 heteroatoms. The Hall–Kier alpha value is -0.900. The van der Waals surface area contributed by atoms with Crippen LogP contribution in [-0.2, 0) is 11.3 Å². The van der Waals surface area contributed by atoms with Crippen molar-refractivity contribution in [3.63, 3.8) is 0 Å². The number of nitrogens with two attached hydrogens (primary N) is 1. The molecule has 0 aliphatic carbocycles. The van der Waals surface area contributed by atoms with Gasteiger partial charge in [-0.3, -0.25) is 0 Å². The lowest BCUT2D eigenvalue weighted by molar-refractivity contribution is -0.118. The molecule has 0 saturated carbocycles. The summed E-state index contributed by atoms with van der Waals surface area (Å²) >= 11 is 0. The molecule has 0 aliphatic rings.